The highest BCUT2D eigenvalue weighted by atomic mass is 16.8. The van der Waals surface area contributed by atoms with E-state index in [1.54, 1.807) is 0 Å². The Balaban J connectivity index is 1.76. The summed E-state index contributed by atoms with van der Waals surface area (Å²) < 4.78 is 26.2. The molecule has 0 bridgehead atoms. The molecule has 3 aliphatic rings. The predicted molar refractivity (Wildman–Crippen MR) is 101 cm³/mol. The van der Waals surface area contributed by atoms with Gasteiger partial charge in [0.25, 0.3) is 0 Å². The molecule has 16 heteroatoms. The first-order valence-electron chi connectivity index (χ1n) is 10.6. The van der Waals surface area contributed by atoms with Gasteiger partial charge in [-0.2, -0.15) is 0 Å². The van der Waals surface area contributed by atoms with Gasteiger partial charge in [-0.25, -0.2) is 0 Å². The highest BCUT2D eigenvalue weighted by molar-refractivity contribution is 4.96. The number of aliphatic hydroxyl groups is 11. The lowest BCUT2D eigenvalue weighted by Crippen LogP contribution is -2.66. The van der Waals surface area contributed by atoms with Crippen LogP contribution in [0.4, 0.5) is 0 Å². The molecule has 0 radical (unpaired) electrons. The Morgan fingerprint density at radius 2 is 0.882 bits per heavy atom. The van der Waals surface area contributed by atoms with Crippen LogP contribution in [0.15, 0.2) is 0 Å². The average Bonchev–Trinajstić information content (AvgIpc) is 2.82. The van der Waals surface area contributed by atoms with E-state index < -0.39 is 112 Å². The van der Waals surface area contributed by atoms with Gasteiger partial charge in [0.05, 0.1) is 19.8 Å². The van der Waals surface area contributed by atoms with E-state index >= 15 is 0 Å². The van der Waals surface area contributed by atoms with Gasteiger partial charge in [0.15, 0.2) is 18.9 Å². The number of rotatable bonds is 7. The summed E-state index contributed by atoms with van der Waals surface area (Å²) in [7, 11) is 0. The predicted octanol–water partition coefficient (Wildman–Crippen LogP) is -7.57. The molecule has 16 nitrogen and oxygen atoms in total. The molecule has 0 saturated carbocycles. The molecule has 3 saturated heterocycles. The minimum absolute atomic E-state index is 0.724. The first-order valence-corrected chi connectivity index (χ1v) is 10.6. The zero-order valence-electron chi connectivity index (χ0n) is 17.7. The Morgan fingerprint density at radius 3 is 1.44 bits per heavy atom. The van der Waals surface area contributed by atoms with Crippen LogP contribution in [0.25, 0.3) is 0 Å². The van der Waals surface area contributed by atoms with Crippen molar-refractivity contribution in [3.63, 3.8) is 0 Å². The van der Waals surface area contributed by atoms with E-state index in [1.165, 1.54) is 0 Å². The number of hydrogen-bond donors (Lipinski definition) is 11. The van der Waals surface area contributed by atoms with E-state index in [-0.39, 0.29) is 0 Å². The Morgan fingerprint density at radius 1 is 0.441 bits per heavy atom. The van der Waals surface area contributed by atoms with Crippen LogP contribution in [0.3, 0.4) is 0 Å². The summed E-state index contributed by atoms with van der Waals surface area (Å²) >= 11 is 0. The molecule has 3 aliphatic heterocycles. The van der Waals surface area contributed by atoms with Gasteiger partial charge < -0.3 is 79.9 Å². The standard InChI is InChI=1S/C18H32O16/c19-1-4-8(23)11(26)15(16(29)30-4)34-18-13(28)14(9(24)6(3-21)32-18)33-17-12(27)10(25)7(22)5(2-20)31-17/h4-29H,1-3H2/t4-,5-,6-,7-,8-,9-,10+,11+,12+,13+,14+,15+,16?,17-,18-/m1/s1. The summed E-state index contributed by atoms with van der Waals surface area (Å²) in [5, 5.41) is 110. The average molecular weight is 504 g/mol. The maximum Gasteiger partial charge on any atom is 0.187 e. The third-order valence-electron chi connectivity index (χ3n) is 6.10. The van der Waals surface area contributed by atoms with Gasteiger partial charge in [-0.15, -0.1) is 0 Å². The van der Waals surface area contributed by atoms with Crippen LogP contribution in [-0.2, 0) is 23.7 Å². The van der Waals surface area contributed by atoms with Crippen LogP contribution < -0.4 is 0 Å². The number of ether oxygens (including phenoxy) is 5. The summed E-state index contributed by atoms with van der Waals surface area (Å²) in [6.07, 6.45) is -25.5. The van der Waals surface area contributed by atoms with E-state index in [0.29, 0.717) is 0 Å². The molecule has 3 fully saturated rings. The maximum absolute atomic E-state index is 10.7. The van der Waals surface area contributed by atoms with E-state index in [0.717, 1.165) is 0 Å². The molecule has 0 spiro atoms. The Hall–Kier alpha value is -0.640. The van der Waals surface area contributed by atoms with Crippen LogP contribution in [0.1, 0.15) is 0 Å². The van der Waals surface area contributed by atoms with Crippen molar-refractivity contribution < 1.29 is 79.9 Å². The van der Waals surface area contributed by atoms with E-state index in [1.807, 2.05) is 0 Å². The molecule has 0 aliphatic carbocycles. The molecular formula is C18H32O16. The zero-order chi connectivity index (χ0) is 25.3. The summed E-state index contributed by atoms with van der Waals surface area (Å²) in [6, 6.07) is 0. The molecule has 200 valence electrons. The lowest BCUT2D eigenvalue weighted by atomic mass is 9.96. The molecule has 0 aromatic rings. The van der Waals surface area contributed by atoms with Crippen molar-refractivity contribution in [3.8, 4) is 0 Å². The minimum atomic E-state index is -1.92. The second-order valence-electron chi connectivity index (χ2n) is 8.33. The molecular weight excluding hydrogens is 472 g/mol. The van der Waals surface area contributed by atoms with E-state index in [4.69, 9.17) is 28.8 Å². The minimum Gasteiger partial charge on any atom is -0.394 e. The fraction of sp³-hybridized carbons (Fsp3) is 1.00. The van der Waals surface area contributed by atoms with Crippen molar-refractivity contribution in [1.82, 2.24) is 0 Å². The van der Waals surface area contributed by atoms with Crippen molar-refractivity contribution >= 4 is 0 Å². The van der Waals surface area contributed by atoms with Crippen molar-refractivity contribution in [1.29, 1.82) is 0 Å². The lowest BCUT2D eigenvalue weighted by molar-refractivity contribution is -0.382. The fourth-order valence-corrected chi connectivity index (χ4v) is 4.03. The highest BCUT2D eigenvalue weighted by Crippen LogP contribution is 2.32. The summed E-state index contributed by atoms with van der Waals surface area (Å²) in [6.45, 7) is -2.30. The molecule has 0 aromatic carbocycles. The third kappa shape index (κ3) is 5.37. The SMILES string of the molecule is OC[C@H]1O[C@H](O[C@@H]2[C@H](O)[C@@H](O[C@@H]3C(O)O[C@H](CO)[C@@H](O)[C@@H]3O)O[C@H](CO)[C@H]2O)[C@@H](O)[C@@H](O)[C@@H]1O. The zero-order valence-corrected chi connectivity index (χ0v) is 17.7. The van der Waals surface area contributed by atoms with Crippen molar-refractivity contribution in [3.05, 3.63) is 0 Å². The van der Waals surface area contributed by atoms with Gasteiger partial charge in [0.2, 0.25) is 0 Å². The molecule has 0 aromatic heterocycles. The van der Waals surface area contributed by atoms with E-state index in [2.05, 4.69) is 0 Å². The second kappa shape index (κ2) is 11.6. The Bertz CT molecular complexity index is 639. The molecule has 34 heavy (non-hydrogen) atoms. The molecule has 3 rings (SSSR count). The van der Waals surface area contributed by atoms with Gasteiger partial charge in [0, 0.05) is 0 Å². The maximum atomic E-state index is 10.7. The van der Waals surface area contributed by atoms with Crippen molar-refractivity contribution in [2.45, 2.75) is 92.1 Å². The molecule has 3 heterocycles. The monoisotopic (exact) mass is 504 g/mol. The van der Waals surface area contributed by atoms with Crippen LogP contribution in [-0.4, -0.2) is 168 Å². The van der Waals surface area contributed by atoms with Crippen LogP contribution >= 0.6 is 0 Å². The summed E-state index contributed by atoms with van der Waals surface area (Å²) in [5.74, 6) is 0. The first-order chi connectivity index (χ1) is 16.0. The topological polar surface area (TPSA) is 269 Å². The highest BCUT2D eigenvalue weighted by Gasteiger charge is 2.53. The second-order valence-corrected chi connectivity index (χ2v) is 8.33. The molecule has 11 N–H and O–H groups in total. The van der Waals surface area contributed by atoms with Gasteiger partial charge in [-0.3, -0.25) is 0 Å². The largest absolute Gasteiger partial charge is 0.394 e. The van der Waals surface area contributed by atoms with Crippen LogP contribution in [0, 0.1) is 0 Å². The lowest BCUT2D eigenvalue weighted by Gasteiger charge is -2.47. The van der Waals surface area contributed by atoms with Gasteiger partial charge in [-0.1, -0.05) is 0 Å². The van der Waals surface area contributed by atoms with Gasteiger partial charge >= 0.3 is 0 Å². The van der Waals surface area contributed by atoms with Crippen molar-refractivity contribution in [2.24, 2.45) is 0 Å². The smallest absolute Gasteiger partial charge is 0.187 e. The summed E-state index contributed by atoms with van der Waals surface area (Å²) in [5.41, 5.74) is 0. The molecule has 1 unspecified atom stereocenters. The van der Waals surface area contributed by atoms with E-state index in [9.17, 15) is 51.1 Å². The quantitative estimate of drug-likeness (QED) is 0.154. The Labute approximate surface area is 192 Å². The number of hydrogen-bond acceptors (Lipinski definition) is 16. The normalized spacial score (nSPS) is 52.5. The van der Waals surface area contributed by atoms with Gasteiger partial charge in [0.1, 0.15) is 73.2 Å². The first kappa shape index (κ1) is 27.9. The molecule has 15 atom stereocenters. The Kier molecular flexibility index (Phi) is 9.54. The van der Waals surface area contributed by atoms with Crippen LogP contribution in [0.2, 0.25) is 0 Å². The fourth-order valence-electron chi connectivity index (χ4n) is 4.03. The third-order valence-corrected chi connectivity index (χ3v) is 6.10. The number of aliphatic hydroxyl groups excluding tert-OH is 11. The van der Waals surface area contributed by atoms with Crippen LogP contribution in [0.5, 0.6) is 0 Å². The summed E-state index contributed by atoms with van der Waals surface area (Å²) in [4.78, 5) is 0. The van der Waals surface area contributed by atoms with Gasteiger partial charge in [-0.05, 0) is 0 Å². The van der Waals surface area contributed by atoms with Crippen molar-refractivity contribution in [2.75, 3.05) is 19.8 Å². The molecule has 0 amide bonds.